The number of hydrogen-bond acceptors (Lipinski definition) is 3. The molecule has 0 bridgehead atoms. The molecule has 0 fully saturated rings. The summed E-state index contributed by atoms with van der Waals surface area (Å²) in [6.45, 7) is 0. The normalized spacial score (nSPS) is 11.2. The number of Topliss-reactive ketones (excluding diaryl/α,β-unsaturated/α-hetero) is 1. The van der Waals surface area contributed by atoms with Gasteiger partial charge in [-0.05, 0) is 42.0 Å². The molecule has 2 rings (SSSR count). The first-order valence-electron chi connectivity index (χ1n) is 6.17. The molecule has 2 aromatic rings. The molecule has 1 aromatic carbocycles. The molecule has 0 radical (unpaired) electrons. The molecule has 0 atom stereocenters. The van der Waals surface area contributed by atoms with Crippen LogP contribution in [0.25, 0.3) is 5.57 Å². The maximum Gasteiger partial charge on any atom is 0.195 e. The van der Waals surface area contributed by atoms with Crippen LogP contribution >= 0.6 is 0 Å². The third kappa shape index (κ3) is 3.29. The zero-order chi connectivity index (χ0) is 14.5. The van der Waals surface area contributed by atoms with E-state index in [1.807, 2.05) is 14.1 Å². The second kappa shape index (κ2) is 6.10. The van der Waals surface area contributed by atoms with E-state index in [0.717, 1.165) is 5.56 Å². The van der Waals surface area contributed by atoms with Crippen LogP contribution in [0, 0.1) is 5.82 Å². The fraction of sp³-hybridized carbons (Fsp3) is 0.125. The summed E-state index contributed by atoms with van der Waals surface area (Å²) in [5.74, 6) is -0.506. The van der Waals surface area contributed by atoms with E-state index in [-0.39, 0.29) is 11.6 Å². The Morgan fingerprint density at radius 1 is 1.05 bits per heavy atom. The smallest absolute Gasteiger partial charge is 0.195 e. The zero-order valence-corrected chi connectivity index (χ0v) is 11.4. The Morgan fingerprint density at radius 2 is 1.65 bits per heavy atom. The molecule has 20 heavy (non-hydrogen) atoms. The maximum absolute atomic E-state index is 12.9. The standard InChI is InChI=1S/C16H15FN2O/c1-19(2)11-15(12-7-9-18-10-8-12)16(20)13-3-5-14(17)6-4-13/h3-11H,1-2H3/b15-11-. The molecule has 3 nitrogen and oxygen atoms in total. The molecule has 0 saturated carbocycles. The molecule has 0 N–H and O–H groups in total. The van der Waals surface area contributed by atoms with Crippen LogP contribution in [0.4, 0.5) is 4.39 Å². The lowest BCUT2D eigenvalue weighted by molar-refractivity contribution is 0.105. The highest BCUT2D eigenvalue weighted by atomic mass is 19.1. The molecule has 0 spiro atoms. The molecule has 0 aliphatic rings. The summed E-state index contributed by atoms with van der Waals surface area (Å²) in [7, 11) is 3.69. The number of rotatable bonds is 4. The van der Waals surface area contributed by atoms with Gasteiger partial charge in [0, 0.05) is 43.8 Å². The number of benzene rings is 1. The van der Waals surface area contributed by atoms with E-state index in [4.69, 9.17) is 0 Å². The molecule has 0 amide bonds. The van der Waals surface area contributed by atoms with Crippen molar-refractivity contribution in [3.8, 4) is 0 Å². The van der Waals surface area contributed by atoms with Crippen LogP contribution in [-0.4, -0.2) is 29.8 Å². The van der Waals surface area contributed by atoms with E-state index in [9.17, 15) is 9.18 Å². The summed E-state index contributed by atoms with van der Waals surface area (Å²) in [6, 6.07) is 9.10. The third-order valence-electron chi connectivity index (χ3n) is 2.73. The lowest BCUT2D eigenvalue weighted by Gasteiger charge is -2.11. The second-order valence-electron chi connectivity index (χ2n) is 4.58. The molecule has 0 aliphatic heterocycles. The Labute approximate surface area is 117 Å². The van der Waals surface area contributed by atoms with Gasteiger partial charge in [-0.1, -0.05) is 0 Å². The van der Waals surface area contributed by atoms with Gasteiger partial charge in [-0.15, -0.1) is 0 Å². The molecule has 102 valence electrons. The van der Waals surface area contributed by atoms with E-state index in [2.05, 4.69) is 4.98 Å². The predicted molar refractivity (Wildman–Crippen MR) is 76.6 cm³/mol. The fourth-order valence-corrected chi connectivity index (χ4v) is 1.81. The summed E-state index contributed by atoms with van der Waals surface area (Å²) >= 11 is 0. The highest BCUT2D eigenvalue weighted by molar-refractivity contribution is 6.28. The van der Waals surface area contributed by atoms with Crippen LogP contribution in [0.1, 0.15) is 15.9 Å². The molecule has 1 heterocycles. The molecule has 0 aliphatic carbocycles. The molecule has 4 heteroatoms. The fourth-order valence-electron chi connectivity index (χ4n) is 1.81. The Kier molecular flexibility index (Phi) is 4.25. The first-order valence-corrected chi connectivity index (χ1v) is 6.17. The summed E-state index contributed by atoms with van der Waals surface area (Å²) < 4.78 is 12.9. The summed E-state index contributed by atoms with van der Waals surface area (Å²) in [5.41, 5.74) is 1.78. The highest BCUT2D eigenvalue weighted by Gasteiger charge is 2.14. The minimum atomic E-state index is -0.358. The monoisotopic (exact) mass is 270 g/mol. The average Bonchev–Trinajstić information content (AvgIpc) is 2.45. The second-order valence-corrected chi connectivity index (χ2v) is 4.58. The number of aromatic nitrogens is 1. The van der Waals surface area contributed by atoms with Crippen molar-refractivity contribution in [2.24, 2.45) is 0 Å². The van der Waals surface area contributed by atoms with Gasteiger partial charge < -0.3 is 4.90 Å². The maximum atomic E-state index is 12.9. The quantitative estimate of drug-likeness (QED) is 0.632. The summed E-state index contributed by atoms with van der Waals surface area (Å²) in [4.78, 5) is 18.3. The van der Waals surface area contributed by atoms with Crippen LogP contribution < -0.4 is 0 Å². The molecule has 0 saturated heterocycles. The minimum Gasteiger partial charge on any atom is -0.383 e. The predicted octanol–water partition coefficient (Wildman–Crippen LogP) is 3.01. The Morgan fingerprint density at radius 3 is 2.20 bits per heavy atom. The van der Waals surface area contributed by atoms with Crippen LogP contribution in [0.5, 0.6) is 0 Å². The van der Waals surface area contributed by atoms with Gasteiger partial charge in [-0.25, -0.2) is 4.39 Å². The van der Waals surface area contributed by atoms with E-state index in [1.54, 1.807) is 35.6 Å². The largest absolute Gasteiger partial charge is 0.383 e. The van der Waals surface area contributed by atoms with Gasteiger partial charge in [0.25, 0.3) is 0 Å². The molecular weight excluding hydrogens is 255 g/mol. The summed E-state index contributed by atoms with van der Waals surface area (Å²) in [5, 5.41) is 0. The van der Waals surface area contributed by atoms with Crippen LogP contribution in [0.2, 0.25) is 0 Å². The number of carbonyl (C=O) groups excluding carboxylic acids is 1. The third-order valence-corrected chi connectivity index (χ3v) is 2.73. The first-order chi connectivity index (χ1) is 9.58. The molecule has 0 unspecified atom stereocenters. The van der Waals surface area contributed by atoms with Crippen molar-refractivity contribution < 1.29 is 9.18 Å². The number of nitrogens with zero attached hydrogens (tertiary/aromatic N) is 2. The van der Waals surface area contributed by atoms with Gasteiger partial charge in [-0.3, -0.25) is 9.78 Å². The van der Waals surface area contributed by atoms with Gasteiger partial charge in [-0.2, -0.15) is 0 Å². The van der Waals surface area contributed by atoms with Crippen molar-refractivity contribution in [1.82, 2.24) is 9.88 Å². The van der Waals surface area contributed by atoms with Crippen molar-refractivity contribution in [3.63, 3.8) is 0 Å². The number of pyridine rings is 1. The van der Waals surface area contributed by atoms with E-state index >= 15 is 0 Å². The van der Waals surface area contributed by atoms with Crippen molar-refractivity contribution in [2.45, 2.75) is 0 Å². The topological polar surface area (TPSA) is 33.2 Å². The number of allylic oxidation sites excluding steroid dienone is 1. The van der Waals surface area contributed by atoms with Crippen molar-refractivity contribution in [3.05, 3.63) is 71.9 Å². The highest BCUT2D eigenvalue weighted by Crippen LogP contribution is 2.20. The van der Waals surface area contributed by atoms with Crippen LogP contribution in [-0.2, 0) is 0 Å². The summed E-state index contributed by atoms with van der Waals surface area (Å²) in [6.07, 6.45) is 5.02. The van der Waals surface area contributed by atoms with Gasteiger partial charge in [0.1, 0.15) is 5.82 Å². The van der Waals surface area contributed by atoms with Crippen molar-refractivity contribution in [1.29, 1.82) is 0 Å². The zero-order valence-electron chi connectivity index (χ0n) is 11.4. The van der Waals surface area contributed by atoms with Crippen molar-refractivity contribution in [2.75, 3.05) is 14.1 Å². The Hall–Kier alpha value is -2.49. The lowest BCUT2D eigenvalue weighted by atomic mass is 9.98. The molecular formula is C16H15FN2O. The first kappa shape index (κ1) is 13.9. The van der Waals surface area contributed by atoms with Gasteiger partial charge in [0.05, 0.1) is 0 Å². The van der Waals surface area contributed by atoms with E-state index in [0.29, 0.717) is 11.1 Å². The SMILES string of the molecule is CN(C)/C=C(\C(=O)c1ccc(F)cc1)c1ccncc1. The van der Waals surface area contributed by atoms with Gasteiger partial charge in [0.15, 0.2) is 5.78 Å². The average molecular weight is 270 g/mol. The number of halogens is 1. The van der Waals surface area contributed by atoms with Crippen LogP contribution in [0.15, 0.2) is 55.0 Å². The van der Waals surface area contributed by atoms with Crippen molar-refractivity contribution >= 4 is 11.4 Å². The molecule has 1 aromatic heterocycles. The lowest BCUT2D eigenvalue weighted by Crippen LogP contribution is -2.09. The van der Waals surface area contributed by atoms with Crippen LogP contribution in [0.3, 0.4) is 0 Å². The number of hydrogen-bond donors (Lipinski definition) is 0. The number of ketones is 1. The van der Waals surface area contributed by atoms with E-state index in [1.165, 1.54) is 24.3 Å². The number of carbonyl (C=O) groups is 1. The Balaban J connectivity index is 2.42. The minimum absolute atomic E-state index is 0.148. The Bertz CT molecular complexity index is 619. The van der Waals surface area contributed by atoms with Gasteiger partial charge in [0.2, 0.25) is 0 Å². The van der Waals surface area contributed by atoms with Gasteiger partial charge >= 0.3 is 0 Å². The van der Waals surface area contributed by atoms with E-state index < -0.39 is 0 Å².